The average Bonchev–Trinajstić information content (AvgIpc) is 3.38. The molecule has 4 rings (SSSR count). The Balaban J connectivity index is 1.33. The van der Waals surface area contributed by atoms with Crippen LogP contribution in [0.1, 0.15) is 35.5 Å². The maximum Gasteiger partial charge on any atom is 0.223 e. The zero-order chi connectivity index (χ0) is 19.5. The van der Waals surface area contributed by atoms with Gasteiger partial charge >= 0.3 is 0 Å². The van der Waals surface area contributed by atoms with Crippen molar-refractivity contribution in [2.45, 2.75) is 39.5 Å². The Morgan fingerprint density at radius 2 is 1.64 bits per heavy atom. The van der Waals surface area contributed by atoms with Gasteiger partial charge in [0.05, 0.1) is 0 Å². The number of aryl methyl sites for hydroxylation is 3. The van der Waals surface area contributed by atoms with Gasteiger partial charge in [0.2, 0.25) is 5.91 Å². The van der Waals surface area contributed by atoms with E-state index >= 15 is 0 Å². The Morgan fingerprint density at radius 1 is 1.00 bits per heavy atom. The second-order valence-electron chi connectivity index (χ2n) is 7.72. The summed E-state index contributed by atoms with van der Waals surface area (Å²) in [5, 5.41) is 2.11. The molecule has 0 aliphatic carbocycles. The molecule has 2 aromatic rings. The summed E-state index contributed by atoms with van der Waals surface area (Å²) in [6.45, 7) is 9.46. The molecule has 4 heterocycles. The van der Waals surface area contributed by atoms with Crippen molar-refractivity contribution in [2.24, 2.45) is 0 Å². The standard InChI is InChI=1S/C21H29N5OS/c1-16-7-14-28-18(16)5-6-21(27)26-12-10-25(11-13-26)20-15-19(22-17(2)23-20)24-8-3-4-9-24/h7,14-15H,3-6,8-13H2,1-2H3. The fourth-order valence-corrected chi connectivity index (χ4v) is 4.94. The molecule has 6 nitrogen and oxygen atoms in total. The van der Waals surface area contributed by atoms with Gasteiger partial charge in [-0.3, -0.25) is 4.79 Å². The SMILES string of the molecule is Cc1nc(N2CCCC2)cc(N2CCN(C(=O)CCc3sccc3C)CC2)n1. The normalized spacial score (nSPS) is 17.4. The van der Waals surface area contributed by atoms with Crippen molar-refractivity contribution in [3.8, 4) is 0 Å². The van der Waals surface area contributed by atoms with Crippen LogP contribution in [0, 0.1) is 13.8 Å². The summed E-state index contributed by atoms with van der Waals surface area (Å²) >= 11 is 1.75. The Bertz CT molecular complexity index is 822. The van der Waals surface area contributed by atoms with Gasteiger partial charge < -0.3 is 14.7 Å². The maximum atomic E-state index is 12.6. The lowest BCUT2D eigenvalue weighted by molar-refractivity contribution is -0.131. The monoisotopic (exact) mass is 399 g/mol. The molecule has 7 heteroatoms. The van der Waals surface area contributed by atoms with E-state index in [9.17, 15) is 4.79 Å². The van der Waals surface area contributed by atoms with Crippen LogP contribution >= 0.6 is 11.3 Å². The van der Waals surface area contributed by atoms with Crippen molar-refractivity contribution >= 4 is 28.9 Å². The van der Waals surface area contributed by atoms with Gasteiger partial charge in [-0.2, -0.15) is 0 Å². The lowest BCUT2D eigenvalue weighted by Gasteiger charge is -2.36. The zero-order valence-electron chi connectivity index (χ0n) is 16.9. The molecule has 2 aliphatic rings. The number of nitrogens with zero attached hydrogens (tertiary/aromatic N) is 5. The van der Waals surface area contributed by atoms with E-state index in [1.165, 1.54) is 23.3 Å². The first-order chi connectivity index (χ1) is 13.6. The fraction of sp³-hybridized carbons (Fsp3) is 0.571. The molecule has 0 aromatic carbocycles. The van der Waals surface area contributed by atoms with E-state index in [0.717, 1.165) is 63.1 Å². The quantitative estimate of drug-likeness (QED) is 0.774. The minimum Gasteiger partial charge on any atom is -0.356 e. The molecular formula is C21H29N5OS. The minimum atomic E-state index is 0.268. The van der Waals surface area contributed by atoms with Gasteiger partial charge in [-0.1, -0.05) is 0 Å². The highest BCUT2D eigenvalue weighted by Gasteiger charge is 2.23. The van der Waals surface area contributed by atoms with Crippen molar-refractivity contribution in [1.82, 2.24) is 14.9 Å². The topological polar surface area (TPSA) is 52.6 Å². The van der Waals surface area contributed by atoms with Gasteiger partial charge in [0.1, 0.15) is 17.5 Å². The summed E-state index contributed by atoms with van der Waals surface area (Å²) in [6, 6.07) is 4.25. The molecule has 0 saturated carbocycles. The second-order valence-corrected chi connectivity index (χ2v) is 8.72. The molecule has 0 N–H and O–H groups in total. The van der Waals surface area contributed by atoms with Crippen LogP contribution in [-0.2, 0) is 11.2 Å². The number of hydrogen-bond acceptors (Lipinski definition) is 6. The summed E-state index contributed by atoms with van der Waals surface area (Å²) in [4.78, 5) is 29.9. The van der Waals surface area contributed by atoms with Crippen LogP contribution in [0.2, 0.25) is 0 Å². The molecule has 0 spiro atoms. The first-order valence-corrected chi connectivity index (χ1v) is 11.1. The number of hydrogen-bond donors (Lipinski definition) is 0. The number of aromatic nitrogens is 2. The molecular weight excluding hydrogens is 370 g/mol. The summed E-state index contributed by atoms with van der Waals surface area (Å²) < 4.78 is 0. The van der Waals surface area contributed by atoms with Crippen molar-refractivity contribution in [3.05, 3.63) is 33.8 Å². The van der Waals surface area contributed by atoms with Crippen molar-refractivity contribution < 1.29 is 4.79 Å². The molecule has 0 unspecified atom stereocenters. The van der Waals surface area contributed by atoms with Crippen LogP contribution in [0.3, 0.4) is 0 Å². The number of piperazine rings is 1. The Labute approximate surface area is 171 Å². The summed E-state index contributed by atoms with van der Waals surface area (Å²) in [5.74, 6) is 3.13. The van der Waals surface area contributed by atoms with E-state index < -0.39 is 0 Å². The summed E-state index contributed by atoms with van der Waals surface area (Å²) in [6.07, 6.45) is 3.94. The van der Waals surface area contributed by atoms with E-state index in [2.05, 4.69) is 44.2 Å². The number of carbonyl (C=O) groups is 1. The highest BCUT2D eigenvalue weighted by molar-refractivity contribution is 7.10. The predicted octanol–water partition coefficient (Wildman–Crippen LogP) is 3.04. The maximum absolute atomic E-state index is 12.6. The molecule has 0 bridgehead atoms. The number of amides is 1. The molecule has 0 atom stereocenters. The van der Waals surface area contributed by atoms with Gasteiger partial charge in [-0.25, -0.2) is 9.97 Å². The number of anilines is 2. The molecule has 2 fully saturated rings. The number of thiophene rings is 1. The molecule has 150 valence electrons. The summed E-state index contributed by atoms with van der Waals surface area (Å²) in [7, 11) is 0. The van der Waals surface area contributed by atoms with E-state index in [1.807, 2.05) is 11.8 Å². The van der Waals surface area contributed by atoms with E-state index in [4.69, 9.17) is 0 Å². The van der Waals surface area contributed by atoms with E-state index in [1.54, 1.807) is 11.3 Å². The van der Waals surface area contributed by atoms with Crippen molar-refractivity contribution in [1.29, 1.82) is 0 Å². The fourth-order valence-electron chi connectivity index (χ4n) is 4.03. The Morgan fingerprint density at radius 3 is 2.25 bits per heavy atom. The molecule has 2 aromatic heterocycles. The first kappa shape index (κ1) is 19.2. The third-order valence-corrected chi connectivity index (χ3v) is 6.81. The largest absolute Gasteiger partial charge is 0.356 e. The number of rotatable bonds is 5. The van der Waals surface area contributed by atoms with Gasteiger partial charge in [-0.05, 0) is 50.1 Å². The average molecular weight is 400 g/mol. The second kappa shape index (κ2) is 8.47. The molecule has 2 saturated heterocycles. The highest BCUT2D eigenvalue weighted by Crippen LogP contribution is 2.24. The van der Waals surface area contributed by atoms with Crippen LogP contribution < -0.4 is 9.80 Å². The van der Waals surface area contributed by atoms with Gasteiger partial charge in [0.25, 0.3) is 0 Å². The smallest absolute Gasteiger partial charge is 0.223 e. The van der Waals surface area contributed by atoms with Gasteiger partial charge in [0.15, 0.2) is 0 Å². The first-order valence-electron chi connectivity index (χ1n) is 10.3. The molecule has 0 radical (unpaired) electrons. The molecule has 1 amide bonds. The lowest BCUT2D eigenvalue weighted by atomic mass is 10.2. The van der Waals surface area contributed by atoms with Gasteiger partial charge in [-0.15, -0.1) is 11.3 Å². The molecule has 2 aliphatic heterocycles. The van der Waals surface area contributed by atoms with Crippen LogP contribution in [0.5, 0.6) is 0 Å². The van der Waals surface area contributed by atoms with E-state index in [-0.39, 0.29) is 5.91 Å². The van der Waals surface area contributed by atoms with Crippen LogP contribution in [-0.4, -0.2) is 60.0 Å². The summed E-state index contributed by atoms with van der Waals surface area (Å²) in [5.41, 5.74) is 1.30. The zero-order valence-corrected chi connectivity index (χ0v) is 17.7. The number of carbonyl (C=O) groups excluding carboxylic acids is 1. The van der Waals surface area contributed by atoms with Crippen LogP contribution in [0.4, 0.5) is 11.6 Å². The van der Waals surface area contributed by atoms with Crippen molar-refractivity contribution in [2.75, 3.05) is 49.1 Å². The third kappa shape index (κ3) is 4.29. The Hall–Kier alpha value is -2.15. The predicted molar refractivity (Wildman–Crippen MR) is 114 cm³/mol. The minimum absolute atomic E-state index is 0.268. The van der Waals surface area contributed by atoms with Crippen LogP contribution in [0.25, 0.3) is 0 Å². The third-order valence-electron chi connectivity index (χ3n) is 5.73. The van der Waals surface area contributed by atoms with Gasteiger partial charge in [0, 0.05) is 56.6 Å². The molecule has 28 heavy (non-hydrogen) atoms. The Kier molecular flexibility index (Phi) is 5.80. The van der Waals surface area contributed by atoms with Crippen LogP contribution in [0.15, 0.2) is 17.5 Å². The lowest BCUT2D eigenvalue weighted by Crippen LogP contribution is -2.49. The van der Waals surface area contributed by atoms with E-state index in [0.29, 0.717) is 6.42 Å². The highest BCUT2D eigenvalue weighted by atomic mass is 32.1. The van der Waals surface area contributed by atoms with Crippen molar-refractivity contribution in [3.63, 3.8) is 0 Å².